The molecule has 2 N–H and O–H groups in total. The largest absolute Gasteiger partial charge is 0.479 e. The first kappa shape index (κ1) is 12.0. The minimum atomic E-state index is -0.483. The van der Waals surface area contributed by atoms with E-state index in [4.69, 9.17) is 4.74 Å². The molecule has 2 aliphatic rings. The third-order valence-electron chi connectivity index (χ3n) is 3.65. The van der Waals surface area contributed by atoms with Crippen molar-refractivity contribution >= 4 is 23.2 Å². The van der Waals surface area contributed by atoms with E-state index in [0.717, 1.165) is 19.3 Å². The first-order chi connectivity index (χ1) is 9.13. The number of amides is 2. The van der Waals surface area contributed by atoms with Crippen LogP contribution in [0.25, 0.3) is 0 Å². The highest BCUT2D eigenvalue weighted by Gasteiger charge is 2.26. The molecular formula is C14H16N2O3. The lowest BCUT2D eigenvalue weighted by Crippen LogP contribution is -2.34. The number of carbonyl (C=O) groups excluding carboxylic acids is 2. The summed E-state index contributed by atoms with van der Waals surface area (Å²) >= 11 is 0. The van der Waals surface area contributed by atoms with E-state index in [1.165, 1.54) is 0 Å². The van der Waals surface area contributed by atoms with Gasteiger partial charge in [-0.1, -0.05) is 6.42 Å². The summed E-state index contributed by atoms with van der Waals surface area (Å²) in [5.74, 6) is 0.660. The van der Waals surface area contributed by atoms with E-state index in [1.54, 1.807) is 25.1 Å². The van der Waals surface area contributed by atoms with Crippen LogP contribution in [0.4, 0.5) is 11.4 Å². The smallest absolute Gasteiger partial charge is 0.265 e. The van der Waals surface area contributed by atoms with Gasteiger partial charge in [-0.05, 0) is 38.0 Å². The second-order valence-corrected chi connectivity index (χ2v) is 5.08. The van der Waals surface area contributed by atoms with Gasteiger partial charge in [-0.15, -0.1) is 0 Å². The van der Waals surface area contributed by atoms with E-state index in [-0.39, 0.29) is 17.7 Å². The van der Waals surface area contributed by atoms with Gasteiger partial charge in [0.05, 0.1) is 5.69 Å². The molecule has 1 aromatic rings. The van der Waals surface area contributed by atoms with Crippen molar-refractivity contribution < 1.29 is 14.3 Å². The van der Waals surface area contributed by atoms with Crippen LogP contribution in [0.3, 0.4) is 0 Å². The topological polar surface area (TPSA) is 67.4 Å². The van der Waals surface area contributed by atoms with Crippen molar-refractivity contribution in [3.8, 4) is 5.75 Å². The van der Waals surface area contributed by atoms with Gasteiger partial charge in [-0.25, -0.2) is 0 Å². The number of nitrogens with one attached hydrogen (secondary N) is 2. The van der Waals surface area contributed by atoms with Gasteiger partial charge in [-0.2, -0.15) is 0 Å². The molecule has 0 radical (unpaired) electrons. The molecule has 0 bridgehead atoms. The van der Waals surface area contributed by atoms with Gasteiger partial charge >= 0.3 is 0 Å². The Bertz CT molecular complexity index is 537. The Morgan fingerprint density at radius 2 is 2.21 bits per heavy atom. The lowest BCUT2D eigenvalue weighted by molar-refractivity contribution is -0.123. The Hall–Kier alpha value is -2.04. The third-order valence-corrected chi connectivity index (χ3v) is 3.65. The van der Waals surface area contributed by atoms with Crippen LogP contribution in [0.5, 0.6) is 5.75 Å². The predicted octanol–water partition coefficient (Wildman–Crippen LogP) is 2.14. The molecule has 5 nitrogen and oxygen atoms in total. The molecule has 100 valence electrons. The highest BCUT2D eigenvalue weighted by Crippen LogP contribution is 2.33. The van der Waals surface area contributed by atoms with E-state index in [9.17, 15) is 9.59 Å². The molecule has 0 unspecified atom stereocenters. The second-order valence-electron chi connectivity index (χ2n) is 5.08. The molecule has 1 aromatic carbocycles. The fraction of sp³-hybridized carbons (Fsp3) is 0.429. The van der Waals surface area contributed by atoms with Crippen LogP contribution in [0.1, 0.15) is 26.2 Å². The van der Waals surface area contributed by atoms with Crippen molar-refractivity contribution in [2.24, 2.45) is 5.92 Å². The normalized spacial score (nSPS) is 21.7. The molecule has 1 heterocycles. The third kappa shape index (κ3) is 2.28. The Labute approximate surface area is 111 Å². The monoisotopic (exact) mass is 260 g/mol. The van der Waals surface area contributed by atoms with E-state index in [0.29, 0.717) is 17.1 Å². The second kappa shape index (κ2) is 4.57. The van der Waals surface area contributed by atoms with Gasteiger partial charge in [-0.3, -0.25) is 9.59 Å². The van der Waals surface area contributed by atoms with Crippen molar-refractivity contribution in [3.63, 3.8) is 0 Å². The molecular weight excluding hydrogens is 244 g/mol. The van der Waals surface area contributed by atoms with Gasteiger partial charge in [0, 0.05) is 11.6 Å². The van der Waals surface area contributed by atoms with Crippen LogP contribution in [0, 0.1) is 5.92 Å². The predicted molar refractivity (Wildman–Crippen MR) is 71.1 cm³/mol. The van der Waals surface area contributed by atoms with E-state index >= 15 is 0 Å². The van der Waals surface area contributed by atoms with Crippen molar-refractivity contribution in [1.82, 2.24) is 0 Å². The zero-order valence-electron chi connectivity index (χ0n) is 10.7. The molecule has 3 rings (SSSR count). The van der Waals surface area contributed by atoms with Gasteiger partial charge < -0.3 is 15.4 Å². The molecule has 0 spiro atoms. The van der Waals surface area contributed by atoms with Gasteiger partial charge in [0.2, 0.25) is 5.91 Å². The summed E-state index contributed by atoms with van der Waals surface area (Å²) in [5, 5.41) is 5.64. The minimum absolute atomic E-state index is 0.0580. The first-order valence-corrected chi connectivity index (χ1v) is 6.56. The number of anilines is 2. The lowest BCUT2D eigenvalue weighted by atomic mass is 9.85. The maximum Gasteiger partial charge on any atom is 0.265 e. The SMILES string of the molecule is C[C@@H]1Oc2ccc(NC(=O)C3CCC3)cc2NC1=O. The Morgan fingerprint density at radius 3 is 2.89 bits per heavy atom. The van der Waals surface area contributed by atoms with Gasteiger partial charge in [0.15, 0.2) is 6.10 Å². The van der Waals surface area contributed by atoms with Crippen molar-refractivity contribution in [1.29, 1.82) is 0 Å². The number of carbonyl (C=O) groups is 2. The molecule has 0 aromatic heterocycles. The van der Waals surface area contributed by atoms with Crippen molar-refractivity contribution in [2.75, 3.05) is 10.6 Å². The van der Waals surface area contributed by atoms with Gasteiger partial charge in [0.1, 0.15) is 5.75 Å². The Kier molecular flexibility index (Phi) is 2.89. The summed E-state index contributed by atoms with van der Waals surface area (Å²) in [6.07, 6.45) is 2.58. The number of hydrogen-bond donors (Lipinski definition) is 2. The molecule has 1 atom stereocenters. The van der Waals surface area contributed by atoms with Crippen molar-refractivity contribution in [3.05, 3.63) is 18.2 Å². The lowest BCUT2D eigenvalue weighted by Gasteiger charge is -2.26. The summed E-state index contributed by atoms with van der Waals surface area (Å²) < 4.78 is 5.46. The standard InChI is InChI=1S/C14H16N2O3/c1-8-13(17)16-11-7-10(5-6-12(11)19-8)15-14(18)9-3-2-4-9/h5-9H,2-4H2,1H3,(H,15,18)(H,16,17)/t8-/m0/s1. The Morgan fingerprint density at radius 1 is 1.42 bits per heavy atom. The van der Waals surface area contributed by atoms with Crippen LogP contribution < -0.4 is 15.4 Å². The van der Waals surface area contributed by atoms with Gasteiger partial charge in [0.25, 0.3) is 5.91 Å². The molecule has 1 fully saturated rings. The summed E-state index contributed by atoms with van der Waals surface area (Å²) in [4.78, 5) is 23.4. The maximum absolute atomic E-state index is 11.8. The summed E-state index contributed by atoms with van der Waals surface area (Å²) in [6, 6.07) is 5.29. The summed E-state index contributed by atoms with van der Waals surface area (Å²) in [5.41, 5.74) is 1.30. The highest BCUT2D eigenvalue weighted by molar-refractivity contribution is 5.99. The number of benzene rings is 1. The number of rotatable bonds is 2. The number of ether oxygens (including phenoxy) is 1. The van der Waals surface area contributed by atoms with E-state index in [2.05, 4.69) is 10.6 Å². The molecule has 5 heteroatoms. The highest BCUT2D eigenvalue weighted by atomic mass is 16.5. The zero-order valence-corrected chi connectivity index (χ0v) is 10.7. The fourth-order valence-electron chi connectivity index (χ4n) is 2.20. The van der Waals surface area contributed by atoms with Crippen LogP contribution in [0.2, 0.25) is 0 Å². The fourth-order valence-corrected chi connectivity index (χ4v) is 2.20. The minimum Gasteiger partial charge on any atom is -0.479 e. The molecule has 0 saturated heterocycles. The van der Waals surface area contributed by atoms with E-state index in [1.807, 2.05) is 0 Å². The zero-order chi connectivity index (χ0) is 13.4. The molecule has 1 saturated carbocycles. The summed E-state index contributed by atoms with van der Waals surface area (Å²) in [6.45, 7) is 1.70. The summed E-state index contributed by atoms with van der Waals surface area (Å²) in [7, 11) is 0. The van der Waals surface area contributed by atoms with Crippen LogP contribution in [0.15, 0.2) is 18.2 Å². The van der Waals surface area contributed by atoms with Crippen LogP contribution in [-0.4, -0.2) is 17.9 Å². The Balaban J connectivity index is 1.75. The average molecular weight is 260 g/mol. The number of fused-ring (bicyclic) bond motifs is 1. The maximum atomic E-state index is 11.8. The van der Waals surface area contributed by atoms with E-state index < -0.39 is 6.10 Å². The molecule has 2 amide bonds. The average Bonchev–Trinajstić information content (AvgIpc) is 2.28. The number of hydrogen-bond acceptors (Lipinski definition) is 3. The van der Waals surface area contributed by atoms with Crippen molar-refractivity contribution in [2.45, 2.75) is 32.3 Å². The molecule has 1 aliphatic heterocycles. The molecule has 1 aliphatic carbocycles. The quantitative estimate of drug-likeness (QED) is 0.856. The first-order valence-electron chi connectivity index (χ1n) is 6.56. The van der Waals surface area contributed by atoms with Crippen LogP contribution in [-0.2, 0) is 9.59 Å². The molecule has 19 heavy (non-hydrogen) atoms. The van der Waals surface area contributed by atoms with Crippen LogP contribution >= 0.6 is 0 Å².